The molecule has 9 heteroatoms. The SMILES string of the molecule is ON(O)c1ccc(/C=N/N2CCN(C([S-])[S-])CC2)cc1.[Au]. The number of anilines is 1. The molecule has 0 aliphatic carbocycles. The van der Waals surface area contributed by atoms with Crippen LogP contribution in [-0.2, 0) is 47.6 Å². The number of rotatable bonds is 4. The van der Waals surface area contributed by atoms with E-state index in [0.29, 0.717) is 5.69 Å². The molecule has 0 amide bonds. The van der Waals surface area contributed by atoms with Crippen LogP contribution < -0.4 is 5.23 Å². The molecule has 0 atom stereocenters. The molecule has 1 radical (unpaired) electrons. The second-order valence-electron chi connectivity index (χ2n) is 4.42. The quantitative estimate of drug-likeness (QED) is 0.267. The van der Waals surface area contributed by atoms with Crippen molar-refractivity contribution < 1.29 is 32.8 Å². The zero-order valence-electron chi connectivity index (χ0n) is 11.1. The van der Waals surface area contributed by atoms with Gasteiger partial charge in [-0.3, -0.25) is 15.4 Å². The van der Waals surface area contributed by atoms with E-state index in [1.807, 2.05) is 5.01 Å². The largest absolute Gasteiger partial charge is 0.800 e. The number of piperazine rings is 1. The van der Waals surface area contributed by atoms with Gasteiger partial charge in [-0.05, 0) is 17.7 Å². The van der Waals surface area contributed by atoms with Gasteiger partial charge in [0, 0.05) is 48.6 Å². The van der Waals surface area contributed by atoms with E-state index >= 15 is 0 Å². The summed E-state index contributed by atoms with van der Waals surface area (Å²) in [5, 5.41) is 24.1. The fourth-order valence-corrected chi connectivity index (χ4v) is 2.30. The van der Waals surface area contributed by atoms with Crippen molar-refractivity contribution >= 4 is 37.2 Å². The maximum atomic E-state index is 8.84. The van der Waals surface area contributed by atoms with E-state index in [4.69, 9.17) is 35.7 Å². The van der Waals surface area contributed by atoms with Crippen molar-refractivity contribution in [1.29, 1.82) is 0 Å². The summed E-state index contributed by atoms with van der Waals surface area (Å²) >= 11 is 10.1. The first-order valence-electron chi connectivity index (χ1n) is 6.19. The number of nitrogens with zero attached hydrogens (tertiary/aromatic N) is 4. The standard InChI is InChI=1S/C12H18N4O2S2.Au/c17-16(18)11-3-1-10(2-4-11)9-13-15-7-5-14(6-8-15)12(19)20;/h1-4,9,12,17-20H,5-8H2;/p-2/b13-9+;. The number of benzene rings is 1. The molecule has 2 rings (SSSR count). The molecule has 1 heterocycles. The van der Waals surface area contributed by atoms with Crippen molar-refractivity contribution in [2.45, 2.75) is 4.71 Å². The maximum Gasteiger partial charge on any atom is 0.0943 e. The molecule has 1 aliphatic rings. The second kappa shape index (κ2) is 9.06. The van der Waals surface area contributed by atoms with Crippen LogP contribution in [0.5, 0.6) is 0 Å². The minimum absolute atomic E-state index is 0. The molecule has 0 saturated carbocycles. The summed E-state index contributed by atoms with van der Waals surface area (Å²) in [5.41, 5.74) is 1.19. The summed E-state index contributed by atoms with van der Waals surface area (Å²) < 4.78 is -0.242. The average molecular weight is 509 g/mol. The molecule has 1 fully saturated rings. The first-order valence-corrected chi connectivity index (χ1v) is 7.13. The van der Waals surface area contributed by atoms with E-state index in [2.05, 4.69) is 10.0 Å². The Bertz CT molecular complexity index is 451. The zero-order valence-corrected chi connectivity index (χ0v) is 14.9. The van der Waals surface area contributed by atoms with Crippen LogP contribution in [0, 0.1) is 0 Å². The van der Waals surface area contributed by atoms with Crippen LogP contribution in [0.1, 0.15) is 5.56 Å². The van der Waals surface area contributed by atoms with Gasteiger partial charge in [-0.15, -0.1) is 5.23 Å². The van der Waals surface area contributed by atoms with Crippen LogP contribution in [0.2, 0.25) is 0 Å². The van der Waals surface area contributed by atoms with Crippen molar-refractivity contribution in [3.8, 4) is 0 Å². The topological polar surface area (TPSA) is 62.5 Å². The van der Waals surface area contributed by atoms with Gasteiger partial charge in [-0.25, -0.2) is 4.71 Å². The predicted octanol–water partition coefficient (Wildman–Crippen LogP) is 0.598. The van der Waals surface area contributed by atoms with Gasteiger partial charge in [0.2, 0.25) is 0 Å². The van der Waals surface area contributed by atoms with Gasteiger partial charge < -0.3 is 30.2 Å². The first kappa shape index (κ1) is 18.9. The van der Waals surface area contributed by atoms with Gasteiger partial charge >= 0.3 is 0 Å². The Morgan fingerprint density at radius 2 is 1.67 bits per heavy atom. The third kappa shape index (κ3) is 5.84. The van der Waals surface area contributed by atoms with Crippen LogP contribution in [0.25, 0.3) is 0 Å². The molecule has 121 valence electrons. The normalized spacial score (nSPS) is 16.3. The summed E-state index contributed by atoms with van der Waals surface area (Å²) in [6.45, 7) is 3.27. The molecule has 1 saturated heterocycles. The molecule has 2 N–H and O–H groups in total. The predicted molar refractivity (Wildman–Crippen MR) is 81.8 cm³/mol. The zero-order chi connectivity index (χ0) is 14.5. The maximum absolute atomic E-state index is 8.84. The fourth-order valence-electron chi connectivity index (χ4n) is 1.88. The van der Waals surface area contributed by atoms with E-state index < -0.39 is 0 Å². The molecule has 0 spiro atoms. The number of hydrogen-bond donors (Lipinski definition) is 2. The van der Waals surface area contributed by atoms with E-state index in [9.17, 15) is 0 Å². The molecule has 0 bridgehead atoms. The van der Waals surface area contributed by atoms with Crippen LogP contribution in [-0.4, -0.2) is 57.4 Å². The Morgan fingerprint density at radius 3 is 2.14 bits per heavy atom. The molecule has 1 aliphatic heterocycles. The molecule has 1 aromatic carbocycles. The summed E-state index contributed by atoms with van der Waals surface area (Å²) in [4.78, 5) is 2.07. The Labute approximate surface area is 150 Å². The first-order chi connectivity index (χ1) is 9.56. The molecule has 0 unspecified atom stereocenters. The Morgan fingerprint density at radius 1 is 1.10 bits per heavy atom. The minimum Gasteiger partial charge on any atom is -0.800 e. The van der Waals surface area contributed by atoms with E-state index in [0.717, 1.165) is 31.7 Å². The molecule has 21 heavy (non-hydrogen) atoms. The second-order valence-corrected chi connectivity index (χ2v) is 5.61. The number of hydrazone groups is 1. The van der Waals surface area contributed by atoms with Gasteiger partial charge in [0.15, 0.2) is 0 Å². The molecule has 6 nitrogen and oxygen atoms in total. The van der Waals surface area contributed by atoms with Gasteiger partial charge in [-0.2, -0.15) is 5.10 Å². The van der Waals surface area contributed by atoms with Crippen LogP contribution in [0.15, 0.2) is 29.4 Å². The number of hydrogen-bond acceptors (Lipinski definition) is 8. The van der Waals surface area contributed by atoms with Gasteiger partial charge in [0.1, 0.15) is 0 Å². The molecule has 0 aromatic heterocycles. The van der Waals surface area contributed by atoms with Crippen molar-refractivity contribution in [2.75, 3.05) is 31.4 Å². The summed E-state index contributed by atoms with van der Waals surface area (Å²) in [5.74, 6) is 0. The van der Waals surface area contributed by atoms with Crippen molar-refractivity contribution in [3.63, 3.8) is 0 Å². The van der Waals surface area contributed by atoms with Gasteiger partial charge in [0.25, 0.3) is 0 Å². The Hall–Kier alpha value is -0.190. The molecular formula is C12H16AuN4O2S2-2. The third-order valence-corrected chi connectivity index (χ3v) is 3.68. The molecule has 1 aromatic rings. The van der Waals surface area contributed by atoms with Crippen molar-refractivity contribution in [3.05, 3.63) is 29.8 Å². The third-order valence-electron chi connectivity index (χ3n) is 3.08. The van der Waals surface area contributed by atoms with Crippen LogP contribution in [0.3, 0.4) is 0 Å². The minimum atomic E-state index is -0.242. The average Bonchev–Trinajstić information content (AvgIpc) is 2.46. The van der Waals surface area contributed by atoms with Gasteiger partial charge in [0.05, 0.1) is 11.9 Å². The smallest absolute Gasteiger partial charge is 0.0943 e. The fraction of sp³-hybridized carbons (Fsp3) is 0.417. The van der Waals surface area contributed by atoms with E-state index in [1.165, 1.54) is 0 Å². The Balaban J connectivity index is 0.00000220. The van der Waals surface area contributed by atoms with E-state index in [-0.39, 0.29) is 32.3 Å². The van der Waals surface area contributed by atoms with Crippen molar-refractivity contribution in [2.24, 2.45) is 5.10 Å². The van der Waals surface area contributed by atoms with Crippen LogP contribution in [0.4, 0.5) is 5.69 Å². The summed E-state index contributed by atoms with van der Waals surface area (Å²) in [6, 6.07) is 6.71. The van der Waals surface area contributed by atoms with Crippen molar-refractivity contribution in [1.82, 2.24) is 9.91 Å². The van der Waals surface area contributed by atoms with Gasteiger partial charge in [-0.1, -0.05) is 12.1 Å². The monoisotopic (exact) mass is 509 g/mol. The van der Waals surface area contributed by atoms with E-state index in [1.54, 1.807) is 30.5 Å². The summed E-state index contributed by atoms with van der Waals surface area (Å²) in [6.07, 6.45) is 1.75. The summed E-state index contributed by atoms with van der Waals surface area (Å²) in [7, 11) is 0. The van der Waals surface area contributed by atoms with Crippen LogP contribution >= 0.6 is 0 Å². The Kier molecular flexibility index (Phi) is 8.14. The molecular weight excluding hydrogens is 493 g/mol.